The van der Waals surface area contributed by atoms with Gasteiger partial charge in [0, 0.05) is 24.3 Å². The fourth-order valence-electron chi connectivity index (χ4n) is 2.39. The Bertz CT molecular complexity index is 652. The monoisotopic (exact) mass is 279 g/mol. The predicted molar refractivity (Wildman–Crippen MR) is 88.3 cm³/mol. The third-order valence-corrected chi connectivity index (χ3v) is 3.45. The first-order valence-corrected chi connectivity index (χ1v) is 7.24. The van der Waals surface area contributed by atoms with Crippen LogP contribution in [0.4, 0.5) is 5.69 Å². The van der Waals surface area contributed by atoms with Crippen LogP contribution in [0, 0.1) is 18.8 Å². The second-order valence-corrected chi connectivity index (χ2v) is 4.96. The lowest BCUT2D eigenvalue weighted by Crippen LogP contribution is -2.22. The van der Waals surface area contributed by atoms with Gasteiger partial charge in [0.05, 0.1) is 0 Å². The van der Waals surface area contributed by atoms with Gasteiger partial charge >= 0.3 is 0 Å². The fourth-order valence-corrected chi connectivity index (χ4v) is 2.39. The minimum atomic E-state index is -0.103. The molecule has 0 atom stereocenters. The van der Waals surface area contributed by atoms with Gasteiger partial charge in [0.1, 0.15) is 6.61 Å². The smallest absolute Gasteiger partial charge is 0.104 e. The van der Waals surface area contributed by atoms with Crippen molar-refractivity contribution in [3.05, 3.63) is 65.2 Å². The summed E-state index contributed by atoms with van der Waals surface area (Å²) in [4.78, 5) is 2.36. The molecule has 1 N–H and O–H groups in total. The van der Waals surface area contributed by atoms with Crippen molar-refractivity contribution in [2.75, 3.05) is 18.1 Å². The van der Waals surface area contributed by atoms with E-state index in [9.17, 15) is 0 Å². The van der Waals surface area contributed by atoms with Crippen LogP contribution in [-0.4, -0.2) is 18.3 Å². The van der Waals surface area contributed by atoms with Crippen LogP contribution in [0.1, 0.15) is 23.6 Å². The van der Waals surface area contributed by atoms with Crippen LogP contribution < -0.4 is 4.90 Å². The summed E-state index contributed by atoms with van der Waals surface area (Å²) in [6, 6.07) is 16.6. The van der Waals surface area contributed by atoms with Crippen LogP contribution in [0.25, 0.3) is 0 Å². The second-order valence-electron chi connectivity index (χ2n) is 4.96. The molecule has 0 aromatic heterocycles. The highest BCUT2D eigenvalue weighted by molar-refractivity contribution is 5.53. The van der Waals surface area contributed by atoms with E-state index < -0.39 is 0 Å². The Morgan fingerprint density at radius 3 is 2.62 bits per heavy atom. The number of nitrogens with zero attached hydrogens (tertiary/aromatic N) is 1. The molecule has 0 amide bonds. The molecule has 2 aromatic rings. The number of hydrogen-bond donors (Lipinski definition) is 1. The maximum atomic E-state index is 8.78. The summed E-state index contributed by atoms with van der Waals surface area (Å²) < 4.78 is 0. The van der Waals surface area contributed by atoms with Gasteiger partial charge in [0.15, 0.2) is 0 Å². The van der Waals surface area contributed by atoms with Gasteiger partial charge in [-0.2, -0.15) is 0 Å². The summed E-state index contributed by atoms with van der Waals surface area (Å²) in [6.07, 6.45) is 0. The van der Waals surface area contributed by atoms with E-state index in [1.807, 2.05) is 12.1 Å². The van der Waals surface area contributed by atoms with E-state index in [4.69, 9.17) is 5.11 Å². The van der Waals surface area contributed by atoms with Gasteiger partial charge in [-0.1, -0.05) is 42.2 Å². The van der Waals surface area contributed by atoms with E-state index in [2.05, 4.69) is 67.0 Å². The molecular formula is C19H21NO. The van der Waals surface area contributed by atoms with Crippen molar-refractivity contribution in [2.45, 2.75) is 20.4 Å². The van der Waals surface area contributed by atoms with Crippen molar-refractivity contribution in [2.24, 2.45) is 0 Å². The van der Waals surface area contributed by atoms with Crippen LogP contribution in [0.15, 0.2) is 48.5 Å². The van der Waals surface area contributed by atoms with E-state index in [-0.39, 0.29) is 6.61 Å². The SMILES string of the molecule is CCN(Cc1cccc(C#CCO)c1)c1ccccc1C. The molecule has 108 valence electrons. The number of aliphatic hydroxyl groups is 1. The van der Waals surface area contributed by atoms with Crippen molar-refractivity contribution >= 4 is 5.69 Å². The predicted octanol–water partition coefficient (Wildman–Crippen LogP) is 3.37. The maximum absolute atomic E-state index is 8.78. The Morgan fingerprint density at radius 1 is 1.10 bits per heavy atom. The van der Waals surface area contributed by atoms with E-state index in [0.717, 1.165) is 18.7 Å². The number of hydrogen-bond acceptors (Lipinski definition) is 2. The van der Waals surface area contributed by atoms with Crippen molar-refractivity contribution in [3.63, 3.8) is 0 Å². The van der Waals surface area contributed by atoms with Gasteiger partial charge < -0.3 is 10.0 Å². The normalized spacial score (nSPS) is 9.86. The van der Waals surface area contributed by atoms with Crippen molar-refractivity contribution in [1.82, 2.24) is 0 Å². The molecule has 2 heteroatoms. The van der Waals surface area contributed by atoms with Crippen molar-refractivity contribution in [1.29, 1.82) is 0 Å². The molecule has 2 aromatic carbocycles. The van der Waals surface area contributed by atoms with Crippen LogP contribution >= 0.6 is 0 Å². The third-order valence-electron chi connectivity index (χ3n) is 3.45. The average molecular weight is 279 g/mol. The highest BCUT2D eigenvalue weighted by atomic mass is 16.2. The molecule has 0 saturated carbocycles. The first-order valence-electron chi connectivity index (χ1n) is 7.24. The standard InChI is InChI=1S/C19H21NO/c1-3-20(19-12-5-4-8-16(19)2)15-18-10-6-9-17(14-18)11-7-13-21/h4-6,8-10,12,14,21H,3,13,15H2,1-2H3. The molecule has 0 aliphatic heterocycles. The highest BCUT2D eigenvalue weighted by Crippen LogP contribution is 2.21. The van der Waals surface area contributed by atoms with Crippen LogP contribution in [-0.2, 0) is 6.54 Å². The molecule has 2 nitrogen and oxygen atoms in total. The molecule has 21 heavy (non-hydrogen) atoms. The van der Waals surface area contributed by atoms with E-state index >= 15 is 0 Å². The molecule has 0 spiro atoms. The zero-order chi connectivity index (χ0) is 15.1. The number of para-hydroxylation sites is 1. The minimum Gasteiger partial charge on any atom is -0.384 e. The fraction of sp³-hybridized carbons (Fsp3) is 0.263. The first-order chi connectivity index (χ1) is 10.2. The molecule has 0 heterocycles. The molecule has 0 radical (unpaired) electrons. The summed E-state index contributed by atoms with van der Waals surface area (Å²) in [5.41, 5.74) is 4.73. The lowest BCUT2D eigenvalue weighted by atomic mass is 10.1. The van der Waals surface area contributed by atoms with Crippen molar-refractivity contribution < 1.29 is 5.11 Å². The molecule has 0 aliphatic carbocycles. The second kappa shape index (κ2) is 7.52. The third kappa shape index (κ3) is 4.11. The minimum absolute atomic E-state index is 0.103. The molecule has 0 saturated heterocycles. The highest BCUT2D eigenvalue weighted by Gasteiger charge is 2.07. The summed E-state index contributed by atoms with van der Waals surface area (Å²) in [6.45, 7) is 6.02. The Hall–Kier alpha value is -2.24. The average Bonchev–Trinajstić information content (AvgIpc) is 2.52. The molecule has 0 unspecified atom stereocenters. The maximum Gasteiger partial charge on any atom is 0.104 e. The van der Waals surface area contributed by atoms with Gasteiger partial charge in [-0.25, -0.2) is 0 Å². The Labute approximate surface area is 127 Å². The molecule has 0 fully saturated rings. The Balaban J connectivity index is 2.21. The summed E-state index contributed by atoms with van der Waals surface area (Å²) in [7, 11) is 0. The largest absolute Gasteiger partial charge is 0.384 e. The van der Waals surface area contributed by atoms with Crippen LogP contribution in [0.3, 0.4) is 0 Å². The molecule has 0 aliphatic rings. The summed E-state index contributed by atoms with van der Waals surface area (Å²) >= 11 is 0. The van der Waals surface area contributed by atoms with Gasteiger partial charge in [0.25, 0.3) is 0 Å². The zero-order valence-electron chi connectivity index (χ0n) is 12.6. The van der Waals surface area contributed by atoms with E-state index in [1.54, 1.807) is 0 Å². The Kier molecular flexibility index (Phi) is 5.43. The van der Waals surface area contributed by atoms with Crippen molar-refractivity contribution in [3.8, 4) is 11.8 Å². The zero-order valence-corrected chi connectivity index (χ0v) is 12.6. The lowest BCUT2D eigenvalue weighted by Gasteiger charge is -2.25. The summed E-state index contributed by atoms with van der Waals surface area (Å²) in [5.74, 6) is 5.65. The number of rotatable bonds is 4. The number of anilines is 1. The van der Waals surface area contributed by atoms with Gasteiger partial charge in [-0.3, -0.25) is 0 Å². The van der Waals surface area contributed by atoms with E-state index in [1.165, 1.54) is 16.8 Å². The van der Waals surface area contributed by atoms with Gasteiger partial charge in [-0.15, -0.1) is 0 Å². The van der Waals surface area contributed by atoms with Crippen LogP contribution in [0.2, 0.25) is 0 Å². The molecular weight excluding hydrogens is 258 g/mol. The number of aryl methyl sites for hydroxylation is 1. The van der Waals surface area contributed by atoms with Gasteiger partial charge in [-0.05, 0) is 43.2 Å². The Morgan fingerprint density at radius 2 is 1.90 bits per heavy atom. The van der Waals surface area contributed by atoms with E-state index in [0.29, 0.717) is 0 Å². The van der Waals surface area contributed by atoms with Gasteiger partial charge in [0.2, 0.25) is 0 Å². The number of aliphatic hydroxyl groups excluding tert-OH is 1. The summed E-state index contributed by atoms with van der Waals surface area (Å²) in [5, 5.41) is 8.78. The number of benzene rings is 2. The lowest BCUT2D eigenvalue weighted by molar-refractivity contribution is 0.350. The quantitative estimate of drug-likeness (QED) is 0.867. The molecule has 0 bridgehead atoms. The topological polar surface area (TPSA) is 23.5 Å². The molecule has 2 rings (SSSR count). The first kappa shape index (κ1) is 15.2. The van der Waals surface area contributed by atoms with Crippen LogP contribution in [0.5, 0.6) is 0 Å².